The van der Waals surface area contributed by atoms with Crippen molar-refractivity contribution in [3.8, 4) is 11.1 Å². The fourth-order valence-electron chi connectivity index (χ4n) is 4.34. The largest absolute Gasteiger partial charge is 0.368 e. The highest BCUT2D eigenvalue weighted by Gasteiger charge is 2.16. The van der Waals surface area contributed by atoms with Gasteiger partial charge in [0.2, 0.25) is 5.95 Å². The molecule has 1 aromatic heterocycles. The van der Waals surface area contributed by atoms with Crippen LogP contribution in [0.15, 0.2) is 60.7 Å². The topological polar surface area (TPSA) is 63.8 Å². The third-order valence-electron chi connectivity index (χ3n) is 5.76. The lowest BCUT2D eigenvalue weighted by Gasteiger charge is -2.24. The molecule has 1 saturated carbocycles. The van der Waals surface area contributed by atoms with E-state index in [9.17, 15) is 0 Å². The number of benzene rings is 3. The van der Waals surface area contributed by atoms with Crippen molar-refractivity contribution in [2.75, 3.05) is 11.1 Å². The van der Waals surface area contributed by atoms with Gasteiger partial charge in [0.05, 0.1) is 5.52 Å². The van der Waals surface area contributed by atoms with Crippen LogP contribution in [0.25, 0.3) is 32.8 Å². The number of anilines is 2. The predicted octanol–water partition coefficient (Wildman–Crippen LogP) is 5.78. The average Bonchev–Trinajstić information content (AvgIpc) is 2.74. The highest BCUT2D eigenvalue weighted by atomic mass is 15.1. The molecule has 0 spiro atoms. The lowest BCUT2D eigenvalue weighted by Crippen LogP contribution is -2.23. The molecule has 0 unspecified atom stereocenters. The quantitative estimate of drug-likeness (QED) is 0.481. The van der Waals surface area contributed by atoms with E-state index >= 15 is 0 Å². The molecule has 4 nitrogen and oxygen atoms in total. The molecule has 3 aromatic carbocycles. The van der Waals surface area contributed by atoms with Crippen LogP contribution < -0.4 is 11.1 Å². The smallest absolute Gasteiger partial charge is 0.222 e. The number of nitrogens with two attached hydrogens (primary N) is 1. The molecule has 1 heterocycles. The summed E-state index contributed by atoms with van der Waals surface area (Å²) < 4.78 is 0. The van der Waals surface area contributed by atoms with Gasteiger partial charge in [-0.25, -0.2) is 4.98 Å². The Morgan fingerprint density at radius 3 is 2.54 bits per heavy atom. The minimum absolute atomic E-state index is 0.323. The summed E-state index contributed by atoms with van der Waals surface area (Å²) in [5, 5.41) is 7.18. The Morgan fingerprint density at radius 2 is 1.64 bits per heavy atom. The summed E-state index contributed by atoms with van der Waals surface area (Å²) in [4.78, 5) is 9.00. The van der Waals surface area contributed by atoms with Crippen LogP contribution in [-0.4, -0.2) is 16.0 Å². The zero-order valence-corrected chi connectivity index (χ0v) is 15.9. The van der Waals surface area contributed by atoms with Crippen LogP contribution in [0.1, 0.15) is 32.1 Å². The van der Waals surface area contributed by atoms with Crippen molar-refractivity contribution >= 4 is 33.4 Å². The zero-order chi connectivity index (χ0) is 18.9. The molecule has 4 aromatic rings. The number of hydrogen-bond acceptors (Lipinski definition) is 4. The van der Waals surface area contributed by atoms with Gasteiger partial charge in [-0.3, -0.25) is 0 Å². The van der Waals surface area contributed by atoms with E-state index < -0.39 is 0 Å². The number of aromatic nitrogens is 2. The van der Waals surface area contributed by atoms with Gasteiger partial charge in [-0.05, 0) is 46.9 Å². The molecule has 0 amide bonds. The lowest BCUT2D eigenvalue weighted by atomic mass is 9.95. The number of nitrogens with one attached hydrogen (secondary N) is 1. The molecular formula is C24H24N4. The second-order valence-corrected chi connectivity index (χ2v) is 7.67. The van der Waals surface area contributed by atoms with Crippen molar-refractivity contribution in [3.63, 3.8) is 0 Å². The van der Waals surface area contributed by atoms with Gasteiger partial charge < -0.3 is 11.1 Å². The van der Waals surface area contributed by atoms with Gasteiger partial charge in [0.15, 0.2) is 0 Å². The van der Waals surface area contributed by atoms with Crippen LogP contribution in [0.2, 0.25) is 0 Å². The highest BCUT2D eigenvalue weighted by molar-refractivity contribution is 6.00. The van der Waals surface area contributed by atoms with E-state index in [0.717, 1.165) is 16.7 Å². The van der Waals surface area contributed by atoms with Crippen LogP contribution in [0.3, 0.4) is 0 Å². The summed E-state index contributed by atoms with van der Waals surface area (Å²) in [6, 6.07) is 21.8. The summed E-state index contributed by atoms with van der Waals surface area (Å²) in [7, 11) is 0. The molecule has 1 aliphatic carbocycles. The lowest BCUT2D eigenvalue weighted by molar-refractivity contribution is 0.462. The number of nitrogen functional groups attached to an aromatic ring is 1. The van der Waals surface area contributed by atoms with E-state index in [-0.39, 0.29) is 0 Å². The zero-order valence-electron chi connectivity index (χ0n) is 15.9. The maximum Gasteiger partial charge on any atom is 0.222 e. The van der Waals surface area contributed by atoms with E-state index in [2.05, 4.69) is 75.9 Å². The minimum Gasteiger partial charge on any atom is -0.368 e. The number of nitrogens with zero attached hydrogens (tertiary/aromatic N) is 2. The Labute approximate surface area is 164 Å². The third kappa shape index (κ3) is 3.15. The SMILES string of the molecule is Nc1nc(NC2CCCCC2)c2cc(-c3cccc4ccccc34)ccc2n1. The van der Waals surface area contributed by atoms with E-state index in [1.54, 1.807) is 0 Å². The predicted molar refractivity (Wildman–Crippen MR) is 117 cm³/mol. The van der Waals surface area contributed by atoms with Gasteiger partial charge in [-0.2, -0.15) is 4.98 Å². The van der Waals surface area contributed by atoms with Gasteiger partial charge in [0.1, 0.15) is 5.82 Å². The Morgan fingerprint density at radius 1 is 0.821 bits per heavy atom. The minimum atomic E-state index is 0.323. The monoisotopic (exact) mass is 368 g/mol. The number of rotatable bonds is 3. The van der Waals surface area contributed by atoms with E-state index in [1.807, 2.05) is 0 Å². The van der Waals surface area contributed by atoms with Crippen LogP contribution in [0, 0.1) is 0 Å². The van der Waals surface area contributed by atoms with Gasteiger partial charge >= 0.3 is 0 Å². The molecule has 1 aliphatic rings. The van der Waals surface area contributed by atoms with Gasteiger partial charge in [-0.15, -0.1) is 0 Å². The molecule has 3 N–H and O–H groups in total. The van der Waals surface area contributed by atoms with Crippen LogP contribution in [0.4, 0.5) is 11.8 Å². The van der Waals surface area contributed by atoms with E-state index in [1.165, 1.54) is 54.0 Å². The average molecular weight is 368 g/mol. The summed E-state index contributed by atoms with van der Waals surface area (Å²) in [6.45, 7) is 0. The Hall–Kier alpha value is -3.14. The maximum atomic E-state index is 5.99. The maximum absolute atomic E-state index is 5.99. The molecule has 0 aliphatic heterocycles. The highest BCUT2D eigenvalue weighted by Crippen LogP contribution is 2.33. The van der Waals surface area contributed by atoms with E-state index in [4.69, 9.17) is 5.73 Å². The van der Waals surface area contributed by atoms with Crippen LogP contribution in [0.5, 0.6) is 0 Å². The first-order chi connectivity index (χ1) is 13.8. The summed E-state index contributed by atoms with van der Waals surface area (Å²) in [5.74, 6) is 1.18. The Bertz CT molecular complexity index is 1140. The molecule has 28 heavy (non-hydrogen) atoms. The molecule has 0 saturated heterocycles. The Balaban J connectivity index is 1.63. The number of hydrogen-bond donors (Lipinski definition) is 2. The third-order valence-corrected chi connectivity index (χ3v) is 5.76. The molecule has 5 rings (SSSR count). The van der Waals surface area contributed by atoms with Crippen molar-refractivity contribution in [1.82, 2.24) is 9.97 Å². The van der Waals surface area contributed by atoms with Crippen LogP contribution in [-0.2, 0) is 0 Å². The Kier molecular flexibility index (Phi) is 4.32. The molecule has 4 heteroatoms. The van der Waals surface area contributed by atoms with Gasteiger partial charge in [0, 0.05) is 11.4 Å². The van der Waals surface area contributed by atoms with Crippen molar-refractivity contribution in [1.29, 1.82) is 0 Å². The van der Waals surface area contributed by atoms with Gasteiger partial charge in [0.25, 0.3) is 0 Å². The number of fused-ring (bicyclic) bond motifs is 2. The first kappa shape index (κ1) is 17.0. The van der Waals surface area contributed by atoms with Crippen molar-refractivity contribution in [2.45, 2.75) is 38.1 Å². The van der Waals surface area contributed by atoms with Crippen molar-refractivity contribution in [2.24, 2.45) is 0 Å². The first-order valence-corrected chi connectivity index (χ1v) is 10.1. The molecule has 0 radical (unpaired) electrons. The summed E-state index contributed by atoms with van der Waals surface area (Å²) >= 11 is 0. The van der Waals surface area contributed by atoms with Gasteiger partial charge in [-0.1, -0.05) is 67.8 Å². The normalized spacial score (nSPS) is 15.1. The standard InChI is InChI=1S/C24H24N4/c25-24-27-22-14-13-17(20-12-6-8-16-7-4-5-11-19(16)20)15-21(22)23(28-24)26-18-9-2-1-3-10-18/h4-8,11-15,18H,1-3,9-10H2,(H3,25,26,27,28). The second kappa shape index (κ2) is 7.12. The summed E-state index contributed by atoms with van der Waals surface area (Å²) in [5.41, 5.74) is 9.27. The van der Waals surface area contributed by atoms with Crippen molar-refractivity contribution < 1.29 is 0 Å². The summed E-state index contributed by atoms with van der Waals surface area (Å²) in [6.07, 6.45) is 6.26. The fourth-order valence-corrected chi connectivity index (χ4v) is 4.34. The molecule has 140 valence electrons. The molecular weight excluding hydrogens is 344 g/mol. The second-order valence-electron chi connectivity index (χ2n) is 7.67. The van der Waals surface area contributed by atoms with Crippen LogP contribution >= 0.6 is 0 Å². The molecule has 0 atom stereocenters. The molecule has 1 fully saturated rings. The molecule has 0 bridgehead atoms. The fraction of sp³-hybridized carbons (Fsp3) is 0.250. The van der Waals surface area contributed by atoms with E-state index in [0.29, 0.717) is 12.0 Å². The van der Waals surface area contributed by atoms with Crippen molar-refractivity contribution in [3.05, 3.63) is 60.7 Å². The first-order valence-electron chi connectivity index (χ1n) is 10.1.